The zero-order valence-corrected chi connectivity index (χ0v) is 28.1. The molecule has 0 N–H and O–H groups in total. The van der Waals surface area contributed by atoms with Crippen molar-refractivity contribution in [3.8, 4) is 17.2 Å². The van der Waals surface area contributed by atoms with E-state index in [9.17, 15) is 14.4 Å². The lowest BCUT2D eigenvalue weighted by Gasteiger charge is -2.24. The molecule has 0 unspecified atom stereocenters. The van der Waals surface area contributed by atoms with Gasteiger partial charge in [0, 0.05) is 5.56 Å². The van der Waals surface area contributed by atoms with E-state index in [1.165, 1.54) is 7.11 Å². The largest absolute Gasteiger partial charge is 0.493 e. The summed E-state index contributed by atoms with van der Waals surface area (Å²) in [5, 5.41) is 0. The van der Waals surface area contributed by atoms with Crippen LogP contribution in [0.25, 0.3) is 6.08 Å². The second-order valence-electron chi connectivity index (χ2n) is 12.8. The smallest absolute Gasteiger partial charge is 0.316 e. The summed E-state index contributed by atoms with van der Waals surface area (Å²) in [6.07, 6.45) is 10.3. The number of allylic oxidation sites excluding steroid dienone is 5. The Labute approximate surface area is 262 Å². The molecule has 0 aliphatic heterocycles. The third-order valence-corrected chi connectivity index (χ3v) is 6.39. The molecule has 0 spiro atoms. The summed E-state index contributed by atoms with van der Waals surface area (Å²) in [5.74, 6) is -0.0315. The number of hydrogen-bond donors (Lipinski definition) is 0. The van der Waals surface area contributed by atoms with Gasteiger partial charge in [-0.3, -0.25) is 14.4 Å². The molecule has 0 bridgehead atoms. The van der Waals surface area contributed by atoms with Gasteiger partial charge >= 0.3 is 11.9 Å². The summed E-state index contributed by atoms with van der Waals surface area (Å²) in [4.78, 5) is 39.3. The standard InChI is InChI=1S/C37H48O7/c1-12-14-16-26-22-27(17-15-13-2)33(44-35(40)37(8,9)10)29(32(26)42-24(3)4)23-30(41-11)31(38)25-18-20-28(21-19-25)43-34(39)36(5,6)7/h12-15,18-24H,16-17H2,1-11H3. The molecule has 7 heteroatoms. The third-order valence-electron chi connectivity index (χ3n) is 6.39. The van der Waals surface area contributed by atoms with Crippen LogP contribution in [0.15, 0.2) is 60.4 Å². The second kappa shape index (κ2) is 15.6. The SMILES string of the molecule is CC=CCc1cc(CC=CC)c(OC(C)C)c(C=C(OC)C(=O)c2ccc(OC(=O)C(C)(C)C)cc2)c1OC(=O)C(C)(C)C. The first-order valence-electron chi connectivity index (χ1n) is 15.0. The minimum atomic E-state index is -0.778. The monoisotopic (exact) mass is 604 g/mol. The van der Waals surface area contributed by atoms with Gasteiger partial charge in [-0.05, 0) is 130 Å². The lowest BCUT2D eigenvalue weighted by molar-refractivity contribution is -0.143. The Bertz CT molecular complexity index is 1410. The highest BCUT2D eigenvalue weighted by Crippen LogP contribution is 2.41. The summed E-state index contributed by atoms with van der Waals surface area (Å²) in [5.41, 5.74) is 0.977. The number of ether oxygens (including phenoxy) is 4. The first kappa shape index (κ1) is 36.1. The van der Waals surface area contributed by atoms with Crippen LogP contribution >= 0.6 is 0 Å². The van der Waals surface area contributed by atoms with Crippen LogP contribution in [0.4, 0.5) is 0 Å². The van der Waals surface area contributed by atoms with Gasteiger partial charge in [-0.2, -0.15) is 0 Å². The van der Waals surface area contributed by atoms with Gasteiger partial charge in [0.15, 0.2) is 5.76 Å². The van der Waals surface area contributed by atoms with Crippen LogP contribution in [0.5, 0.6) is 17.2 Å². The molecule has 0 atom stereocenters. The molecular weight excluding hydrogens is 556 g/mol. The van der Waals surface area contributed by atoms with Crippen LogP contribution in [0.3, 0.4) is 0 Å². The van der Waals surface area contributed by atoms with Crippen molar-refractivity contribution in [3.05, 3.63) is 82.6 Å². The van der Waals surface area contributed by atoms with Gasteiger partial charge in [0.25, 0.3) is 0 Å². The molecule has 0 saturated carbocycles. The van der Waals surface area contributed by atoms with E-state index >= 15 is 0 Å². The predicted octanol–water partition coefficient (Wildman–Crippen LogP) is 8.48. The van der Waals surface area contributed by atoms with Crippen molar-refractivity contribution >= 4 is 23.8 Å². The van der Waals surface area contributed by atoms with Crippen molar-refractivity contribution in [1.82, 2.24) is 0 Å². The Morgan fingerprint density at radius 3 is 1.73 bits per heavy atom. The van der Waals surface area contributed by atoms with Gasteiger partial charge in [0.2, 0.25) is 5.78 Å². The zero-order valence-electron chi connectivity index (χ0n) is 28.1. The average molecular weight is 605 g/mol. The fraction of sp³-hybridized carbons (Fsp3) is 0.432. The zero-order chi connectivity index (χ0) is 33.2. The van der Waals surface area contributed by atoms with Gasteiger partial charge in [0.05, 0.1) is 29.6 Å². The molecule has 0 aliphatic rings. The number of methoxy groups -OCH3 is 1. The maximum atomic E-state index is 13.7. The van der Waals surface area contributed by atoms with E-state index in [1.807, 2.05) is 58.1 Å². The molecule has 2 rings (SSSR count). The molecule has 0 aromatic heterocycles. The minimum Gasteiger partial charge on any atom is -0.493 e. The molecular formula is C37H48O7. The highest BCUT2D eigenvalue weighted by molar-refractivity contribution is 6.10. The number of rotatable bonds is 12. The molecule has 238 valence electrons. The molecule has 2 aromatic rings. The molecule has 0 saturated heterocycles. The fourth-order valence-electron chi connectivity index (χ4n) is 3.88. The molecule has 44 heavy (non-hydrogen) atoms. The average Bonchev–Trinajstić information content (AvgIpc) is 2.94. The van der Waals surface area contributed by atoms with Crippen LogP contribution in [-0.4, -0.2) is 30.9 Å². The molecule has 0 aliphatic carbocycles. The van der Waals surface area contributed by atoms with Crippen molar-refractivity contribution in [2.45, 2.75) is 88.2 Å². The molecule has 0 fully saturated rings. The van der Waals surface area contributed by atoms with Gasteiger partial charge in [-0.25, -0.2) is 0 Å². The Hall–Kier alpha value is -4.13. The number of benzene rings is 2. The fourth-order valence-corrected chi connectivity index (χ4v) is 3.88. The number of carbonyl (C=O) groups is 3. The molecule has 0 heterocycles. The lowest BCUT2D eigenvalue weighted by Crippen LogP contribution is -2.26. The Morgan fingerprint density at radius 1 is 0.773 bits per heavy atom. The van der Waals surface area contributed by atoms with Crippen molar-refractivity contribution in [2.75, 3.05) is 7.11 Å². The van der Waals surface area contributed by atoms with Crippen molar-refractivity contribution in [1.29, 1.82) is 0 Å². The number of hydrogen-bond acceptors (Lipinski definition) is 7. The quantitative estimate of drug-likeness (QED) is 0.0599. The predicted molar refractivity (Wildman–Crippen MR) is 175 cm³/mol. The highest BCUT2D eigenvalue weighted by Gasteiger charge is 2.29. The topological polar surface area (TPSA) is 88.1 Å². The van der Waals surface area contributed by atoms with Gasteiger partial charge in [-0.1, -0.05) is 24.3 Å². The van der Waals surface area contributed by atoms with Crippen LogP contribution < -0.4 is 14.2 Å². The van der Waals surface area contributed by atoms with Crippen LogP contribution in [0.2, 0.25) is 0 Å². The first-order valence-corrected chi connectivity index (χ1v) is 15.0. The van der Waals surface area contributed by atoms with Crippen LogP contribution in [0.1, 0.15) is 96.3 Å². The summed E-state index contributed by atoms with van der Waals surface area (Å²) in [6.45, 7) is 18.4. The van der Waals surface area contributed by atoms with Gasteiger partial charge in [0.1, 0.15) is 17.2 Å². The molecule has 0 radical (unpaired) electrons. The van der Waals surface area contributed by atoms with Crippen molar-refractivity contribution in [2.24, 2.45) is 10.8 Å². The maximum Gasteiger partial charge on any atom is 0.316 e. The first-order chi connectivity index (χ1) is 20.5. The summed E-state index contributed by atoms with van der Waals surface area (Å²) in [7, 11) is 1.41. The van der Waals surface area contributed by atoms with Crippen LogP contribution in [-0.2, 0) is 27.2 Å². The number of ketones is 1. The maximum absolute atomic E-state index is 13.7. The lowest BCUT2D eigenvalue weighted by atomic mass is 9.95. The highest BCUT2D eigenvalue weighted by atomic mass is 16.5. The van der Waals surface area contributed by atoms with E-state index in [0.29, 0.717) is 41.2 Å². The number of esters is 2. The van der Waals surface area contributed by atoms with E-state index in [2.05, 4.69) is 0 Å². The second-order valence-corrected chi connectivity index (χ2v) is 12.8. The molecule has 2 aromatic carbocycles. The summed E-state index contributed by atoms with van der Waals surface area (Å²) in [6, 6.07) is 8.28. The van der Waals surface area contributed by atoms with Gasteiger partial charge < -0.3 is 18.9 Å². The van der Waals surface area contributed by atoms with E-state index < -0.39 is 22.6 Å². The molecule has 0 amide bonds. The number of carbonyl (C=O) groups excluding carboxylic acids is 3. The van der Waals surface area contributed by atoms with E-state index in [1.54, 1.807) is 71.9 Å². The van der Waals surface area contributed by atoms with Crippen molar-refractivity contribution < 1.29 is 33.3 Å². The van der Waals surface area contributed by atoms with Crippen molar-refractivity contribution in [3.63, 3.8) is 0 Å². The normalized spacial score (nSPS) is 12.6. The third kappa shape index (κ3) is 9.97. The Balaban J connectivity index is 2.81. The minimum absolute atomic E-state index is 0.0197. The van der Waals surface area contributed by atoms with E-state index in [-0.39, 0.29) is 17.8 Å². The Morgan fingerprint density at radius 2 is 1.27 bits per heavy atom. The molecule has 7 nitrogen and oxygen atoms in total. The summed E-state index contributed by atoms with van der Waals surface area (Å²) >= 11 is 0. The van der Waals surface area contributed by atoms with Gasteiger partial charge in [-0.15, -0.1) is 0 Å². The van der Waals surface area contributed by atoms with Crippen LogP contribution in [0, 0.1) is 10.8 Å². The number of Topliss-reactive ketones (excluding diaryl/α,β-unsaturated/α-hetero) is 1. The van der Waals surface area contributed by atoms with E-state index in [0.717, 1.165) is 11.1 Å². The summed E-state index contributed by atoms with van der Waals surface area (Å²) < 4.78 is 23.5. The van der Waals surface area contributed by atoms with E-state index in [4.69, 9.17) is 18.9 Å². The Kier molecular flexibility index (Phi) is 12.7.